The minimum atomic E-state index is 0.0693. The van der Waals surface area contributed by atoms with Gasteiger partial charge in [0, 0.05) is 30.3 Å². The predicted molar refractivity (Wildman–Crippen MR) is 105 cm³/mol. The molecule has 1 unspecified atom stereocenters. The van der Waals surface area contributed by atoms with E-state index in [0.29, 0.717) is 0 Å². The van der Waals surface area contributed by atoms with Crippen LogP contribution < -0.4 is 10.6 Å². The lowest BCUT2D eigenvalue weighted by Crippen LogP contribution is -2.51. The van der Waals surface area contributed by atoms with E-state index in [4.69, 9.17) is 21.3 Å². The first kappa shape index (κ1) is 20.0. The average molecular weight is 367 g/mol. The Labute approximate surface area is 156 Å². The van der Waals surface area contributed by atoms with Gasteiger partial charge in [-0.15, -0.1) is 0 Å². The average Bonchev–Trinajstić information content (AvgIpc) is 2.60. The van der Waals surface area contributed by atoms with Crippen molar-refractivity contribution in [3.8, 4) is 0 Å². The highest BCUT2D eigenvalue weighted by molar-refractivity contribution is 6.30. The number of nitrogens with zero attached hydrogens (tertiary/aromatic N) is 2. The minimum Gasteiger partial charge on any atom is -0.381 e. The van der Waals surface area contributed by atoms with Crippen molar-refractivity contribution < 1.29 is 4.74 Å². The summed E-state index contributed by atoms with van der Waals surface area (Å²) >= 11 is 6.11. The Morgan fingerprint density at radius 1 is 1.36 bits per heavy atom. The Morgan fingerprint density at radius 2 is 2.08 bits per heavy atom. The summed E-state index contributed by atoms with van der Waals surface area (Å²) in [5.41, 5.74) is 1.21. The van der Waals surface area contributed by atoms with Crippen LogP contribution in [0.15, 0.2) is 29.3 Å². The van der Waals surface area contributed by atoms with Gasteiger partial charge in [-0.3, -0.25) is 4.99 Å². The molecule has 0 bridgehead atoms. The monoisotopic (exact) mass is 366 g/mol. The lowest BCUT2D eigenvalue weighted by molar-refractivity contribution is -0.00255. The number of likely N-dealkylation sites (N-methyl/N-ethyl adjacent to an activating group) is 1. The van der Waals surface area contributed by atoms with Crippen molar-refractivity contribution in [3.05, 3.63) is 34.9 Å². The van der Waals surface area contributed by atoms with Gasteiger partial charge in [0.25, 0.3) is 0 Å². The van der Waals surface area contributed by atoms with Gasteiger partial charge in [-0.1, -0.05) is 23.7 Å². The van der Waals surface area contributed by atoms with Crippen molar-refractivity contribution in [1.82, 2.24) is 15.5 Å². The molecule has 140 valence electrons. The van der Waals surface area contributed by atoms with Crippen molar-refractivity contribution >= 4 is 17.6 Å². The summed E-state index contributed by atoms with van der Waals surface area (Å²) in [6, 6.07) is 8.06. The zero-order valence-corrected chi connectivity index (χ0v) is 16.6. The number of benzene rings is 1. The maximum absolute atomic E-state index is 6.11. The zero-order valence-electron chi connectivity index (χ0n) is 15.8. The Hall–Kier alpha value is -1.30. The topological polar surface area (TPSA) is 48.9 Å². The standard InChI is InChI=1S/C19H31ClN4O/c1-5-21-18(23-15(2)16-7-6-8-17(20)13-16)22-14-19(24(3)4)9-11-25-12-10-19/h6-8,13,15H,5,9-12,14H2,1-4H3,(H2,21,22,23). The number of ether oxygens (including phenoxy) is 1. The summed E-state index contributed by atoms with van der Waals surface area (Å²) in [6.07, 6.45) is 2.01. The Balaban J connectivity index is 2.09. The van der Waals surface area contributed by atoms with Gasteiger partial charge >= 0.3 is 0 Å². The second kappa shape index (κ2) is 9.41. The quantitative estimate of drug-likeness (QED) is 0.600. The van der Waals surface area contributed by atoms with Crippen LogP contribution in [-0.4, -0.2) is 56.8 Å². The van der Waals surface area contributed by atoms with Gasteiger partial charge in [-0.25, -0.2) is 0 Å². The molecule has 1 saturated heterocycles. The summed E-state index contributed by atoms with van der Waals surface area (Å²) in [5, 5.41) is 7.59. The number of nitrogens with one attached hydrogen (secondary N) is 2. The maximum atomic E-state index is 6.11. The van der Waals surface area contributed by atoms with E-state index in [1.807, 2.05) is 18.2 Å². The Bertz CT molecular complexity index is 570. The number of guanidine groups is 1. The third kappa shape index (κ3) is 5.59. The van der Waals surface area contributed by atoms with E-state index in [2.05, 4.69) is 49.5 Å². The summed E-state index contributed by atoms with van der Waals surface area (Å²) in [7, 11) is 4.27. The smallest absolute Gasteiger partial charge is 0.191 e. The molecule has 2 N–H and O–H groups in total. The van der Waals surface area contributed by atoms with Crippen LogP contribution in [-0.2, 0) is 4.74 Å². The molecule has 25 heavy (non-hydrogen) atoms. The first-order valence-corrected chi connectivity index (χ1v) is 9.40. The van der Waals surface area contributed by atoms with Gasteiger partial charge in [0.1, 0.15) is 0 Å². The molecule has 1 atom stereocenters. The second-order valence-corrected chi connectivity index (χ2v) is 7.28. The van der Waals surface area contributed by atoms with Crippen LogP contribution in [0.25, 0.3) is 0 Å². The molecule has 0 aliphatic carbocycles. The molecule has 1 aliphatic rings. The molecule has 1 aliphatic heterocycles. The fourth-order valence-electron chi connectivity index (χ4n) is 3.11. The molecule has 0 radical (unpaired) electrons. The van der Waals surface area contributed by atoms with Crippen molar-refractivity contribution in [2.24, 2.45) is 4.99 Å². The molecule has 1 heterocycles. The molecule has 5 nitrogen and oxygen atoms in total. The van der Waals surface area contributed by atoms with Crippen molar-refractivity contribution in [3.63, 3.8) is 0 Å². The van der Waals surface area contributed by atoms with E-state index in [1.54, 1.807) is 0 Å². The molecule has 1 fully saturated rings. The molecular formula is C19H31ClN4O. The third-order valence-corrected chi connectivity index (χ3v) is 5.18. The Morgan fingerprint density at radius 3 is 2.68 bits per heavy atom. The normalized spacial score (nSPS) is 18.9. The fraction of sp³-hybridized carbons (Fsp3) is 0.632. The van der Waals surface area contributed by atoms with Crippen LogP contribution in [0.4, 0.5) is 0 Å². The van der Waals surface area contributed by atoms with Gasteiger partial charge in [0.2, 0.25) is 0 Å². The first-order chi connectivity index (χ1) is 12.0. The largest absolute Gasteiger partial charge is 0.381 e. The zero-order chi connectivity index (χ0) is 18.3. The van der Waals surface area contributed by atoms with Gasteiger partial charge in [-0.2, -0.15) is 0 Å². The molecule has 0 saturated carbocycles. The molecule has 0 aromatic heterocycles. The van der Waals surface area contributed by atoms with Crippen LogP contribution in [0.2, 0.25) is 5.02 Å². The van der Waals surface area contributed by atoms with Gasteiger partial charge in [0.05, 0.1) is 12.6 Å². The van der Waals surface area contributed by atoms with Crippen molar-refractivity contribution in [1.29, 1.82) is 0 Å². The highest BCUT2D eigenvalue weighted by Crippen LogP contribution is 2.26. The summed E-state index contributed by atoms with van der Waals surface area (Å²) in [5.74, 6) is 0.836. The molecule has 0 amide bonds. The fourth-order valence-corrected chi connectivity index (χ4v) is 3.31. The van der Waals surface area contributed by atoms with Gasteiger partial charge in [-0.05, 0) is 58.5 Å². The molecular weight excluding hydrogens is 336 g/mol. The number of hydrogen-bond donors (Lipinski definition) is 2. The van der Waals surface area contributed by atoms with Crippen LogP contribution in [0.3, 0.4) is 0 Å². The lowest BCUT2D eigenvalue weighted by atomic mass is 9.89. The highest BCUT2D eigenvalue weighted by Gasteiger charge is 2.34. The van der Waals surface area contributed by atoms with E-state index in [1.165, 1.54) is 0 Å². The van der Waals surface area contributed by atoms with Crippen LogP contribution in [0.1, 0.15) is 38.3 Å². The summed E-state index contributed by atoms with van der Waals surface area (Å²) < 4.78 is 5.54. The second-order valence-electron chi connectivity index (χ2n) is 6.85. The predicted octanol–water partition coefficient (Wildman–Crippen LogP) is 3.07. The Kier molecular flexibility index (Phi) is 7.54. The van der Waals surface area contributed by atoms with Crippen LogP contribution in [0.5, 0.6) is 0 Å². The van der Waals surface area contributed by atoms with Crippen molar-refractivity contribution in [2.75, 3.05) is 40.4 Å². The first-order valence-electron chi connectivity index (χ1n) is 9.02. The van der Waals surface area contributed by atoms with Crippen molar-refractivity contribution in [2.45, 2.75) is 38.3 Å². The third-order valence-electron chi connectivity index (χ3n) is 4.95. The number of hydrogen-bond acceptors (Lipinski definition) is 3. The number of aliphatic imine (C=N–C) groups is 1. The molecule has 1 aromatic rings. The summed E-state index contributed by atoms with van der Waals surface area (Å²) in [4.78, 5) is 7.18. The van der Waals surface area contributed by atoms with E-state index >= 15 is 0 Å². The van der Waals surface area contributed by atoms with Gasteiger partial charge in [0.15, 0.2) is 5.96 Å². The summed E-state index contributed by atoms with van der Waals surface area (Å²) in [6.45, 7) is 7.38. The van der Waals surface area contributed by atoms with Crippen LogP contribution >= 0.6 is 11.6 Å². The lowest BCUT2D eigenvalue weighted by Gasteiger charge is -2.41. The molecule has 6 heteroatoms. The van der Waals surface area contributed by atoms with E-state index in [9.17, 15) is 0 Å². The number of halogens is 1. The molecule has 2 rings (SSSR count). The van der Waals surface area contributed by atoms with E-state index in [-0.39, 0.29) is 11.6 Å². The maximum Gasteiger partial charge on any atom is 0.191 e. The number of rotatable bonds is 6. The van der Waals surface area contributed by atoms with E-state index in [0.717, 1.165) is 55.7 Å². The highest BCUT2D eigenvalue weighted by atomic mass is 35.5. The van der Waals surface area contributed by atoms with Crippen LogP contribution in [0, 0.1) is 0 Å². The molecule has 1 aromatic carbocycles. The molecule has 0 spiro atoms. The SMILES string of the molecule is CCNC(=NCC1(N(C)C)CCOCC1)NC(C)c1cccc(Cl)c1. The van der Waals surface area contributed by atoms with E-state index < -0.39 is 0 Å². The minimum absolute atomic E-state index is 0.0693. The van der Waals surface area contributed by atoms with Gasteiger partial charge < -0.3 is 20.3 Å².